The van der Waals surface area contributed by atoms with E-state index in [0.29, 0.717) is 55.1 Å². The number of hydrogen-bond donors (Lipinski definition) is 0. The first-order valence-electron chi connectivity index (χ1n) is 26.2. The number of ether oxygens (including phenoxy) is 6. The summed E-state index contributed by atoms with van der Waals surface area (Å²) in [7, 11) is 0. The van der Waals surface area contributed by atoms with E-state index in [1.54, 1.807) is 48.5 Å². The lowest BCUT2D eigenvalue weighted by Gasteiger charge is -2.20. The number of halogens is 10. The van der Waals surface area contributed by atoms with Gasteiger partial charge in [0, 0.05) is 11.1 Å². The number of unbranched alkanes of at least 4 members (excludes halogenated alkanes) is 15. The van der Waals surface area contributed by atoms with Gasteiger partial charge < -0.3 is 28.4 Å². The van der Waals surface area contributed by atoms with Gasteiger partial charge in [-0.15, -0.1) is 0 Å². The van der Waals surface area contributed by atoms with Crippen molar-refractivity contribution in [2.75, 3.05) is 13.2 Å². The second kappa shape index (κ2) is 34.1. The number of carbonyl (C=O) groups excluding carboxylic acids is 2. The van der Waals surface area contributed by atoms with Crippen molar-refractivity contribution in [2.45, 2.75) is 187 Å². The average molecular weight is 1080 g/mol. The molecule has 2 unspecified atom stereocenters. The summed E-state index contributed by atoms with van der Waals surface area (Å²) in [6, 6.07) is 17.1. The molecule has 0 saturated carbocycles. The zero-order valence-corrected chi connectivity index (χ0v) is 43.4. The summed E-state index contributed by atoms with van der Waals surface area (Å²) in [5.74, 6) is -6.15. The molecule has 0 heterocycles. The zero-order valence-electron chi connectivity index (χ0n) is 43.4. The molecule has 0 aliphatic heterocycles. The summed E-state index contributed by atoms with van der Waals surface area (Å²) in [6.07, 6.45) is -1.40. The number of carbonyl (C=O) groups is 2. The molecule has 0 amide bonds. The third kappa shape index (κ3) is 23.4. The van der Waals surface area contributed by atoms with Gasteiger partial charge in [-0.05, 0) is 98.2 Å². The van der Waals surface area contributed by atoms with Crippen LogP contribution in [0, 0.1) is 23.3 Å². The fourth-order valence-electron chi connectivity index (χ4n) is 7.65. The molecule has 0 spiro atoms. The molecular formula is C57H72F10O8. The van der Waals surface area contributed by atoms with Gasteiger partial charge >= 0.3 is 24.7 Å². The Morgan fingerprint density at radius 1 is 0.400 bits per heavy atom. The van der Waals surface area contributed by atoms with Gasteiger partial charge in [-0.25, -0.2) is 18.4 Å². The molecule has 0 radical (unpaired) electrons. The first-order valence-corrected chi connectivity index (χ1v) is 26.2. The molecule has 0 saturated heterocycles. The summed E-state index contributed by atoms with van der Waals surface area (Å²) < 4.78 is 167. The summed E-state index contributed by atoms with van der Waals surface area (Å²) in [5, 5.41) is 0. The van der Waals surface area contributed by atoms with Crippen molar-refractivity contribution in [3.05, 3.63) is 96.1 Å². The molecule has 0 aliphatic carbocycles. The average Bonchev–Trinajstić information content (AvgIpc) is 3.37. The van der Waals surface area contributed by atoms with Crippen LogP contribution in [-0.2, 0) is 9.47 Å². The highest BCUT2D eigenvalue weighted by Gasteiger charge is 2.44. The van der Waals surface area contributed by atoms with Gasteiger partial charge in [-0.2, -0.15) is 35.1 Å². The van der Waals surface area contributed by atoms with Crippen molar-refractivity contribution in [3.63, 3.8) is 0 Å². The van der Waals surface area contributed by atoms with Crippen LogP contribution >= 0.6 is 0 Å². The van der Waals surface area contributed by atoms with Gasteiger partial charge in [-0.1, -0.05) is 148 Å². The molecule has 0 fully saturated rings. The van der Waals surface area contributed by atoms with E-state index < -0.39 is 84.5 Å². The summed E-state index contributed by atoms with van der Waals surface area (Å²) in [6.45, 7) is 9.18. The van der Waals surface area contributed by atoms with Crippen LogP contribution in [0.2, 0.25) is 0 Å². The minimum Gasteiger partial charge on any atom is -0.494 e. The predicted octanol–water partition coefficient (Wildman–Crippen LogP) is 19.2. The minimum atomic E-state index is -4.80. The standard InChI is InChI=1S/C29H37F5O4.C28H35F5O4/c1-3-5-7-9-10-12-20-36-22-16-14-21(15-17-22)23-18-19-24(27(31)26(23)30)37-28(35)38-25(29(32,33)34)13-11-8-6-4-2;1-3-5-7-8-9-11-19-35-21-15-13-20(14-16-21)22-17-18-23(26(30)25(22)29)36-27(34)37-24(28(31,32)33)12-10-6-4-2/h14-19,25H,3-13,20H2,1-2H3;13-18,24H,3-12,19H2,1-2H3. The van der Waals surface area contributed by atoms with Crippen molar-refractivity contribution < 1.29 is 81.9 Å². The molecule has 418 valence electrons. The number of alkyl halides is 6. The lowest BCUT2D eigenvalue weighted by Crippen LogP contribution is -2.34. The van der Waals surface area contributed by atoms with Crippen molar-refractivity contribution in [3.8, 4) is 45.3 Å². The van der Waals surface area contributed by atoms with Crippen LogP contribution in [0.1, 0.15) is 163 Å². The third-order valence-electron chi connectivity index (χ3n) is 11.9. The van der Waals surface area contributed by atoms with E-state index in [9.17, 15) is 53.5 Å². The molecular weight excluding hydrogens is 1000 g/mol. The maximum absolute atomic E-state index is 14.7. The molecule has 18 heteroatoms. The quantitative estimate of drug-likeness (QED) is 0.0213. The summed E-state index contributed by atoms with van der Waals surface area (Å²) >= 11 is 0. The Labute approximate surface area is 434 Å². The number of hydrogen-bond acceptors (Lipinski definition) is 8. The van der Waals surface area contributed by atoms with Crippen LogP contribution in [0.5, 0.6) is 23.0 Å². The highest BCUT2D eigenvalue weighted by atomic mass is 19.4. The van der Waals surface area contributed by atoms with Crippen LogP contribution in [0.25, 0.3) is 22.3 Å². The Balaban J connectivity index is 0.000000395. The lowest BCUT2D eigenvalue weighted by atomic mass is 10.0. The van der Waals surface area contributed by atoms with Crippen LogP contribution in [0.4, 0.5) is 53.5 Å². The van der Waals surface area contributed by atoms with Crippen molar-refractivity contribution in [1.82, 2.24) is 0 Å². The van der Waals surface area contributed by atoms with Crippen molar-refractivity contribution >= 4 is 12.3 Å². The molecule has 4 aromatic carbocycles. The molecule has 4 rings (SSSR count). The van der Waals surface area contributed by atoms with E-state index >= 15 is 0 Å². The molecule has 8 nitrogen and oxygen atoms in total. The second-order valence-electron chi connectivity index (χ2n) is 18.1. The normalized spacial score (nSPS) is 12.3. The Morgan fingerprint density at radius 2 is 0.707 bits per heavy atom. The molecule has 0 aromatic heterocycles. The van der Waals surface area contributed by atoms with Crippen LogP contribution in [0.3, 0.4) is 0 Å². The van der Waals surface area contributed by atoms with Crippen LogP contribution in [0.15, 0.2) is 72.8 Å². The highest BCUT2D eigenvalue weighted by Crippen LogP contribution is 2.35. The molecule has 0 N–H and O–H groups in total. The fourth-order valence-corrected chi connectivity index (χ4v) is 7.65. The molecule has 75 heavy (non-hydrogen) atoms. The van der Waals surface area contributed by atoms with Crippen LogP contribution < -0.4 is 18.9 Å². The van der Waals surface area contributed by atoms with Crippen molar-refractivity contribution in [1.29, 1.82) is 0 Å². The first-order chi connectivity index (χ1) is 35.8. The molecule has 0 aliphatic rings. The maximum atomic E-state index is 14.7. The van der Waals surface area contributed by atoms with Gasteiger partial charge in [0.25, 0.3) is 0 Å². The van der Waals surface area contributed by atoms with Gasteiger partial charge in [-0.3, -0.25) is 0 Å². The molecule has 2 atom stereocenters. The topological polar surface area (TPSA) is 89.5 Å². The monoisotopic (exact) mass is 1070 g/mol. The Bertz CT molecular complexity index is 2250. The van der Waals surface area contributed by atoms with Gasteiger partial charge in [0.2, 0.25) is 23.8 Å². The first kappa shape index (κ1) is 63.6. The smallest absolute Gasteiger partial charge is 0.494 e. The highest BCUT2D eigenvalue weighted by molar-refractivity contribution is 5.70. The lowest BCUT2D eigenvalue weighted by molar-refractivity contribution is -0.208. The SMILES string of the molecule is CCCCCCCCOc1ccc(-c2ccc(OC(=O)OC(CCCCC)C(F)(F)F)c(F)c2F)cc1.CCCCCCCCOc1ccc(-c2ccc(OC(=O)OC(CCCCCC)C(F)(F)F)c(F)c2F)cc1. The van der Waals surface area contributed by atoms with E-state index in [-0.39, 0.29) is 24.0 Å². The summed E-state index contributed by atoms with van der Waals surface area (Å²) in [5.41, 5.74) is 0.500. The maximum Gasteiger partial charge on any atom is 0.514 e. The van der Waals surface area contributed by atoms with Crippen LogP contribution in [-0.4, -0.2) is 50.1 Å². The second-order valence-corrected chi connectivity index (χ2v) is 18.1. The predicted molar refractivity (Wildman–Crippen MR) is 268 cm³/mol. The van der Waals surface area contributed by atoms with E-state index in [0.717, 1.165) is 50.7 Å². The minimum absolute atomic E-state index is 0.102. The number of benzene rings is 4. The van der Waals surface area contributed by atoms with E-state index in [1.807, 2.05) is 13.8 Å². The fraction of sp³-hybridized carbons (Fsp3) is 0.544. The van der Waals surface area contributed by atoms with E-state index in [1.165, 1.54) is 63.5 Å². The number of rotatable bonds is 31. The van der Waals surface area contributed by atoms with E-state index in [4.69, 9.17) is 9.47 Å². The van der Waals surface area contributed by atoms with E-state index in [2.05, 4.69) is 32.8 Å². The largest absolute Gasteiger partial charge is 0.514 e. The Hall–Kier alpha value is -5.68. The van der Waals surface area contributed by atoms with Gasteiger partial charge in [0.05, 0.1) is 13.2 Å². The van der Waals surface area contributed by atoms with Gasteiger partial charge in [0.1, 0.15) is 11.5 Å². The zero-order chi connectivity index (χ0) is 55.2. The molecule has 0 bridgehead atoms. The van der Waals surface area contributed by atoms with Gasteiger partial charge in [0.15, 0.2) is 23.1 Å². The summed E-state index contributed by atoms with van der Waals surface area (Å²) in [4.78, 5) is 23.8. The molecule has 4 aromatic rings. The Kier molecular flexibility index (Phi) is 28.9. The third-order valence-corrected chi connectivity index (χ3v) is 11.9. The van der Waals surface area contributed by atoms with Crippen molar-refractivity contribution in [2.24, 2.45) is 0 Å². The Morgan fingerprint density at radius 3 is 1.05 bits per heavy atom.